The summed E-state index contributed by atoms with van der Waals surface area (Å²) in [7, 11) is 0. The fraction of sp³-hybridized carbons (Fsp3) is 0. The molecule has 0 spiro atoms. The van der Waals surface area contributed by atoms with E-state index in [1.807, 2.05) is 0 Å². The molecule has 0 fully saturated rings. The van der Waals surface area contributed by atoms with Gasteiger partial charge in [-0.3, -0.25) is 0 Å². The number of fused-ring (bicyclic) bond motifs is 8. The van der Waals surface area contributed by atoms with Crippen LogP contribution in [0.3, 0.4) is 0 Å². The minimum Gasteiger partial charge on any atom is -0.0622 e. The zero-order valence-electron chi connectivity index (χ0n) is 23.5. The first-order chi connectivity index (χ1) is 21.7. The van der Waals surface area contributed by atoms with E-state index in [0.29, 0.717) is 0 Å². The molecule has 0 nitrogen and oxygen atoms in total. The molecule has 0 aliphatic heterocycles. The lowest BCUT2D eigenvalue weighted by molar-refractivity contribution is 1.68. The maximum absolute atomic E-state index is 4.05. The molecule has 0 aliphatic rings. The summed E-state index contributed by atoms with van der Waals surface area (Å²) in [6.45, 7) is 0. The van der Waals surface area contributed by atoms with Crippen LogP contribution in [-0.2, 0) is 0 Å². The van der Waals surface area contributed by atoms with E-state index in [1.165, 1.54) is 97.7 Å². The monoisotopic (exact) mass is 684 g/mol. The van der Waals surface area contributed by atoms with Crippen molar-refractivity contribution in [1.82, 2.24) is 0 Å². The van der Waals surface area contributed by atoms with Crippen LogP contribution in [0.1, 0.15) is 0 Å². The normalized spacial score (nSPS) is 12.3. The Labute approximate surface area is 270 Å². The molecule has 2 heteroatoms. The summed E-state index contributed by atoms with van der Waals surface area (Å²) in [5.41, 5.74) is 5.13. The van der Waals surface area contributed by atoms with Crippen LogP contribution in [0.25, 0.3) is 97.7 Å². The summed E-state index contributed by atoms with van der Waals surface area (Å²) >= 11 is 7.94. The van der Waals surface area contributed by atoms with Gasteiger partial charge in [0.05, 0.1) is 0 Å². The van der Waals surface area contributed by atoms with Crippen LogP contribution >= 0.6 is 31.9 Å². The third kappa shape index (κ3) is 3.07. The standard InChI is InChI=1S/C42H22Br2/c43-32-22-21-30-35-27(32)17-9-18-28(35)38-33(23-11-3-1-4-12-23)40-29-19-10-20-31-36(29)37(25-15-7-8-16-26(25)42(31)44)41(40)34(39(30)38)24-13-5-2-6-14-24/h1-22H. The largest absolute Gasteiger partial charge is 0.0622 e. The molecule has 0 atom stereocenters. The molecule has 0 bridgehead atoms. The minimum atomic E-state index is 1.13. The van der Waals surface area contributed by atoms with E-state index in [-0.39, 0.29) is 0 Å². The van der Waals surface area contributed by atoms with E-state index in [1.54, 1.807) is 0 Å². The number of rotatable bonds is 2. The van der Waals surface area contributed by atoms with Crippen molar-refractivity contribution in [3.8, 4) is 22.3 Å². The summed E-state index contributed by atoms with van der Waals surface area (Å²) in [6.07, 6.45) is 0. The first-order valence-corrected chi connectivity index (χ1v) is 16.5. The van der Waals surface area contributed by atoms with Crippen molar-refractivity contribution >= 4 is 107 Å². The van der Waals surface area contributed by atoms with Gasteiger partial charge < -0.3 is 0 Å². The lowest BCUT2D eigenvalue weighted by Crippen LogP contribution is -1.88. The number of hydrogen-bond acceptors (Lipinski definition) is 0. The van der Waals surface area contributed by atoms with Crippen molar-refractivity contribution in [3.63, 3.8) is 0 Å². The summed E-state index contributed by atoms with van der Waals surface area (Å²) in [5.74, 6) is 0. The molecule has 0 aliphatic carbocycles. The van der Waals surface area contributed by atoms with Gasteiger partial charge in [-0.2, -0.15) is 0 Å². The quantitative estimate of drug-likeness (QED) is 0.159. The van der Waals surface area contributed by atoms with Crippen molar-refractivity contribution in [2.45, 2.75) is 0 Å². The zero-order valence-corrected chi connectivity index (χ0v) is 26.6. The third-order valence-corrected chi connectivity index (χ3v) is 11.2. The molecule has 10 aromatic carbocycles. The molecule has 0 heterocycles. The van der Waals surface area contributed by atoms with E-state index in [2.05, 4.69) is 165 Å². The van der Waals surface area contributed by atoms with Gasteiger partial charge in [0.2, 0.25) is 0 Å². The molecule has 10 aromatic rings. The van der Waals surface area contributed by atoms with Crippen LogP contribution in [0.2, 0.25) is 0 Å². The maximum atomic E-state index is 4.05. The Kier molecular flexibility index (Phi) is 5.10. The molecular formula is C42H22Br2. The minimum absolute atomic E-state index is 1.13. The summed E-state index contributed by atoms with van der Waals surface area (Å²) in [4.78, 5) is 0. The predicted octanol–water partition coefficient (Wildman–Crippen LogP) is 13.5. The highest BCUT2D eigenvalue weighted by Gasteiger charge is 2.28. The zero-order chi connectivity index (χ0) is 29.1. The lowest BCUT2D eigenvalue weighted by atomic mass is 9.87. The van der Waals surface area contributed by atoms with Crippen molar-refractivity contribution in [3.05, 3.63) is 142 Å². The number of halogens is 2. The summed E-state index contributed by atoms with van der Waals surface area (Å²) < 4.78 is 2.29. The Morgan fingerprint density at radius 2 is 0.750 bits per heavy atom. The van der Waals surface area contributed by atoms with Gasteiger partial charge in [-0.25, -0.2) is 0 Å². The van der Waals surface area contributed by atoms with Crippen LogP contribution in [0.15, 0.2) is 142 Å². The molecule has 0 N–H and O–H groups in total. The van der Waals surface area contributed by atoms with Gasteiger partial charge in [-0.15, -0.1) is 0 Å². The van der Waals surface area contributed by atoms with Crippen molar-refractivity contribution in [2.75, 3.05) is 0 Å². The van der Waals surface area contributed by atoms with E-state index in [9.17, 15) is 0 Å². The number of benzene rings is 8. The van der Waals surface area contributed by atoms with Crippen LogP contribution in [0.5, 0.6) is 0 Å². The van der Waals surface area contributed by atoms with Gasteiger partial charge >= 0.3 is 0 Å². The molecule has 44 heavy (non-hydrogen) atoms. The average molecular weight is 686 g/mol. The highest BCUT2D eigenvalue weighted by molar-refractivity contribution is 9.11. The Balaban J connectivity index is 1.66. The molecule has 0 saturated heterocycles. The van der Waals surface area contributed by atoms with E-state index < -0.39 is 0 Å². The molecule has 0 aromatic heterocycles. The fourth-order valence-electron chi connectivity index (χ4n) is 8.03. The van der Waals surface area contributed by atoms with Crippen LogP contribution < -0.4 is 0 Å². The van der Waals surface area contributed by atoms with Gasteiger partial charge in [0, 0.05) is 8.95 Å². The van der Waals surface area contributed by atoms with E-state index in [0.717, 1.165) is 8.95 Å². The molecule has 204 valence electrons. The predicted molar refractivity (Wildman–Crippen MR) is 198 cm³/mol. The third-order valence-electron chi connectivity index (χ3n) is 9.65. The first-order valence-electron chi connectivity index (χ1n) is 14.9. The lowest BCUT2D eigenvalue weighted by Gasteiger charge is -2.16. The van der Waals surface area contributed by atoms with Gasteiger partial charge in [0.25, 0.3) is 0 Å². The second-order valence-corrected chi connectivity index (χ2v) is 13.4. The summed E-state index contributed by atoms with van der Waals surface area (Å²) in [6, 6.07) is 49.2. The highest BCUT2D eigenvalue weighted by Crippen LogP contribution is 2.57. The maximum Gasteiger partial charge on any atom is 0.0332 e. The highest BCUT2D eigenvalue weighted by atomic mass is 79.9. The Morgan fingerprint density at radius 3 is 1.43 bits per heavy atom. The molecule has 0 amide bonds. The number of hydrogen-bond donors (Lipinski definition) is 0. The van der Waals surface area contributed by atoms with Gasteiger partial charge in [-0.05, 0) is 120 Å². The topological polar surface area (TPSA) is 0 Å². The first kappa shape index (κ1) is 24.9. The Morgan fingerprint density at radius 1 is 0.273 bits per heavy atom. The van der Waals surface area contributed by atoms with Gasteiger partial charge in [-0.1, -0.05) is 143 Å². The van der Waals surface area contributed by atoms with Crippen molar-refractivity contribution in [2.24, 2.45) is 0 Å². The Hall–Kier alpha value is -4.50. The van der Waals surface area contributed by atoms with E-state index >= 15 is 0 Å². The smallest absolute Gasteiger partial charge is 0.0332 e. The average Bonchev–Trinajstić information content (AvgIpc) is 3.60. The second kappa shape index (κ2) is 9.01. The van der Waals surface area contributed by atoms with E-state index in [4.69, 9.17) is 0 Å². The molecule has 0 radical (unpaired) electrons. The SMILES string of the molecule is Brc1ccc2c3c(-c4ccccc4)c4c(c(-c5ccccc5)c3c3cccc1c32)c1cccc2c(Br)c3ccccc3c4c21. The van der Waals surface area contributed by atoms with Crippen LogP contribution in [0, 0.1) is 0 Å². The van der Waals surface area contributed by atoms with Crippen LogP contribution in [0.4, 0.5) is 0 Å². The van der Waals surface area contributed by atoms with Gasteiger partial charge in [0.15, 0.2) is 0 Å². The second-order valence-electron chi connectivity index (χ2n) is 11.8. The van der Waals surface area contributed by atoms with Gasteiger partial charge in [0.1, 0.15) is 0 Å². The molecule has 10 rings (SSSR count). The Bertz CT molecular complexity index is 2760. The van der Waals surface area contributed by atoms with Crippen LogP contribution in [-0.4, -0.2) is 0 Å². The summed E-state index contributed by atoms with van der Waals surface area (Å²) in [5, 5.41) is 18.3. The molecule has 0 unspecified atom stereocenters. The van der Waals surface area contributed by atoms with Crippen molar-refractivity contribution in [1.29, 1.82) is 0 Å². The van der Waals surface area contributed by atoms with Crippen molar-refractivity contribution < 1.29 is 0 Å². The molecule has 0 saturated carbocycles. The fourth-order valence-corrected chi connectivity index (χ4v) is 9.17. The molecular weight excluding hydrogens is 664 g/mol.